The van der Waals surface area contributed by atoms with Crippen LogP contribution >= 0.6 is 11.6 Å². The number of aromatic carboxylic acids is 1. The highest BCUT2D eigenvalue weighted by atomic mass is 35.5. The van der Waals surface area contributed by atoms with Crippen molar-refractivity contribution in [2.24, 2.45) is 0 Å². The van der Waals surface area contributed by atoms with Crippen molar-refractivity contribution in [3.05, 3.63) is 23.2 Å². The van der Waals surface area contributed by atoms with E-state index in [1.165, 1.54) is 12.3 Å². The van der Waals surface area contributed by atoms with E-state index in [0.29, 0.717) is 11.0 Å². The lowest BCUT2D eigenvalue weighted by atomic mass is 10.3. The topological polar surface area (TPSA) is 88.9 Å². The molecule has 0 fully saturated rings. The first-order valence-electron chi connectivity index (χ1n) is 3.56. The second-order valence-electron chi connectivity index (χ2n) is 2.44. The molecule has 2 aromatic rings. The molecule has 0 aliphatic heterocycles. The molecule has 0 unspecified atom stereocenters. The van der Waals surface area contributed by atoms with Gasteiger partial charge in [0.05, 0.1) is 11.7 Å². The summed E-state index contributed by atoms with van der Waals surface area (Å²) in [5.74, 6) is -1.12. The van der Waals surface area contributed by atoms with Crippen LogP contribution in [0.15, 0.2) is 12.3 Å². The average Bonchev–Trinajstić information content (AvgIpc) is 2.16. The molecule has 2 aromatic heterocycles. The Morgan fingerprint density at radius 1 is 1.36 bits per heavy atom. The molecular formula is C7H3ClN4O2. The van der Waals surface area contributed by atoms with Gasteiger partial charge in [-0.25, -0.2) is 14.8 Å². The van der Waals surface area contributed by atoms with E-state index >= 15 is 0 Å². The van der Waals surface area contributed by atoms with Gasteiger partial charge in [-0.3, -0.25) is 0 Å². The summed E-state index contributed by atoms with van der Waals surface area (Å²) in [6.45, 7) is 0. The molecule has 2 rings (SSSR count). The van der Waals surface area contributed by atoms with E-state index in [1.807, 2.05) is 0 Å². The summed E-state index contributed by atoms with van der Waals surface area (Å²) in [5, 5.41) is 15.8. The first kappa shape index (κ1) is 8.76. The number of nitrogens with zero attached hydrogens (tertiary/aromatic N) is 4. The highest BCUT2D eigenvalue weighted by molar-refractivity contribution is 6.28. The van der Waals surface area contributed by atoms with Gasteiger partial charge < -0.3 is 5.11 Å². The van der Waals surface area contributed by atoms with Crippen LogP contribution in [0.4, 0.5) is 0 Å². The Hall–Kier alpha value is -1.82. The van der Waals surface area contributed by atoms with Crippen LogP contribution < -0.4 is 0 Å². The van der Waals surface area contributed by atoms with Crippen LogP contribution in [-0.4, -0.2) is 31.2 Å². The standard InChI is InChI=1S/C7H3ClN4O2/c8-7-10-3-1-4(6(13)14)9-2-5(3)11-12-7/h1-2H,(H,13,14). The number of carboxylic acids is 1. The molecule has 0 aliphatic rings. The molecule has 0 aliphatic carbocycles. The normalized spacial score (nSPS) is 10.4. The molecule has 0 aromatic carbocycles. The number of rotatable bonds is 1. The molecule has 0 saturated heterocycles. The van der Waals surface area contributed by atoms with Crippen LogP contribution in [0, 0.1) is 0 Å². The van der Waals surface area contributed by atoms with Gasteiger partial charge in [-0.1, -0.05) is 0 Å². The molecular weight excluding hydrogens is 208 g/mol. The van der Waals surface area contributed by atoms with Crippen molar-refractivity contribution in [3.63, 3.8) is 0 Å². The van der Waals surface area contributed by atoms with Crippen molar-refractivity contribution in [1.82, 2.24) is 20.2 Å². The highest BCUT2D eigenvalue weighted by Crippen LogP contribution is 2.10. The van der Waals surface area contributed by atoms with Gasteiger partial charge in [-0.05, 0) is 17.7 Å². The number of hydrogen-bond donors (Lipinski definition) is 1. The van der Waals surface area contributed by atoms with Crippen molar-refractivity contribution < 1.29 is 9.90 Å². The molecule has 1 N–H and O–H groups in total. The zero-order chi connectivity index (χ0) is 10.1. The van der Waals surface area contributed by atoms with E-state index in [2.05, 4.69) is 20.2 Å². The minimum Gasteiger partial charge on any atom is -0.477 e. The third-order valence-corrected chi connectivity index (χ3v) is 1.69. The molecule has 0 bridgehead atoms. The summed E-state index contributed by atoms with van der Waals surface area (Å²) in [6, 6.07) is 1.29. The first-order chi connectivity index (χ1) is 6.66. The Labute approximate surface area is 82.6 Å². The van der Waals surface area contributed by atoms with Crippen LogP contribution in [-0.2, 0) is 0 Å². The number of aromatic nitrogens is 4. The summed E-state index contributed by atoms with van der Waals surface area (Å²) < 4.78 is 0. The maximum absolute atomic E-state index is 10.6. The van der Waals surface area contributed by atoms with Crippen LogP contribution in [0.5, 0.6) is 0 Å². The van der Waals surface area contributed by atoms with E-state index in [1.54, 1.807) is 0 Å². The number of halogens is 1. The quantitative estimate of drug-likeness (QED) is 0.748. The fourth-order valence-corrected chi connectivity index (χ4v) is 1.07. The summed E-state index contributed by atoms with van der Waals surface area (Å²) in [4.78, 5) is 18.0. The maximum Gasteiger partial charge on any atom is 0.354 e. The Kier molecular flexibility index (Phi) is 1.97. The van der Waals surface area contributed by atoms with Crippen molar-refractivity contribution in [3.8, 4) is 0 Å². The van der Waals surface area contributed by atoms with E-state index in [9.17, 15) is 4.79 Å². The summed E-state index contributed by atoms with van der Waals surface area (Å²) >= 11 is 5.50. The predicted molar refractivity (Wildman–Crippen MR) is 47.1 cm³/mol. The molecule has 0 atom stereocenters. The molecule has 6 nitrogen and oxygen atoms in total. The van der Waals surface area contributed by atoms with Gasteiger partial charge in [-0.2, -0.15) is 0 Å². The van der Waals surface area contributed by atoms with Gasteiger partial charge in [0.15, 0.2) is 0 Å². The van der Waals surface area contributed by atoms with Crippen LogP contribution in [0.1, 0.15) is 10.5 Å². The fraction of sp³-hybridized carbons (Fsp3) is 0. The van der Waals surface area contributed by atoms with Gasteiger partial charge in [0.1, 0.15) is 11.2 Å². The molecule has 0 saturated carbocycles. The third kappa shape index (κ3) is 1.47. The Morgan fingerprint density at radius 3 is 2.86 bits per heavy atom. The summed E-state index contributed by atoms with van der Waals surface area (Å²) in [7, 11) is 0. The number of pyridine rings is 1. The SMILES string of the molecule is O=C(O)c1cc2nc(Cl)nnc2cn1. The maximum atomic E-state index is 10.6. The number of carboxylic acid groups (broad SMARTS) is 1. The van der Waals surface area contributed by atoms with Crippen molar-refractivity contribution in [2.45, 2.75) is 0 Å². The molecule has 0 spiro atoms. The minimum atomic E-state index is -1.12. The van der Waals surface area contributed by atoms with Crippen molar-refractivity contribution >= 4 is 28.6 Å². The molecule has 14 heavy (non-hydrogen) atoms. The van der Waals surface area contributed by atoms with E-state index in [-0.39, 0.29) is 11.0 Å². The molecule has 70 valence electrons. The first-order valence-corrected chi connectivity index (χ1v) is 3.94. The summed E-state index contributed by atoms with van der Waals surface area (Å²) in [6.07, 6.45) is 1.29. The molecule has 7 heteroatoms. The van der Waals surface area contributed by atoms with Crippen LogP contribution in [0.3, 0.4) is 0 Å². The van der Waals surface area contributed by atoms with E-state index in [0.717, 1.165) is 0 Å². The van der Waals surface area contributed by atoms with E-state index in [4.69, 9.17) is 16.7 Å². The van der Waals surface area contributed by atoms with E-state index < -0.39 is 5.97 Å². The van der Waals surface area contributed by atoms with Gasteiger partial charge in [0.2, 0.25) is 5.28 Å². The number of carbonyl (C=O) groups is 1. The van der Waals surface area contributed by atoms with Gasteiger partial charge in [-0.15, -0.1) is 10.2 Å². The van der Waals surface area contributed by atoms with Gasteiger partial charge in [0, 0.05) is 0 Å². The molecule has 2 heterocycles. The smallest absolute Gasteiger partial charge is 0.354 e. The second-order valence-corrected chi connectivity index (χ2v) is 2.78. The van der Waals surface area contributed by atoms with Crippen molar-refractivity contribution in [2.75, 3.05) is 0 Å². The van der Waals surface area contributed by atoms with Gasteiger partial charge >= 0.3 is 5.97 Å². The monoisotopic (exact) mass is 210 g/mol. The fourth-order valence-electron chi connectivity index (χ4n) is 0.938. The Morgan fingerprint density at radius 2 is 2.14 bits per heavy atom. The lowest BCUT2D eigenvalue weighted by molar-refractivity contribution is 0.0690. The van der Waals surface area contributed by atoms with Crippen LogP contribution in [0.2, 0.25) is 5.28 Å². The third-order valence-electron chi connectivity index (χ3n) is 1.53. The van der Waals surface area contributed by atoms with Crippen molar-refractivity contribution in [1.29, 1.82) is 0 Å². The predicted octanol–water partition coefficient (Wildman–Crippen LogP) is 0.771. The van der Waals surface area contributed by atoms with Gasteiger partial charge in [0.25, 0.3) is 0 Å². The van der Waals surface area contributed by atoms with Crippen LogP contribution in [0.25, 0.3) is 11.0 Å². The average molecular weight is 211 g/mol. The zero-order valence-corrected chi connectivity index (χ0v) is 7.43. The number of hydrogen-bond acceptors (Lipinski definition) is 5. The lowest BCUT2D eigenvalue weighted by Crippen LogP contribution is -2.01. The molecule has 0 amide bonds. The Balaban J connectivity index is 2.69. The largest absolute Gasteiger partial charge is 0.477 e. The molecule has 0 radical (unpaired) electrons. The lowest BCUT2D eigenvalue weighted by Gasteiger charge is -1.96. The minimum absolute atomic E-state index is 0.0277. The second kappa shape index (κ2) is 3.15. The number of fused-ring (bicyclic) bond motifs is 1. The Bertz CT molecular complexity index is 516. The highest BCUT2D eigenvalue weighted by Gasteiger charge is 2.07. The zero-order valence-electron chi connectivity index (χ0n) is 6.68. The summed E-state index contributed by atoms with van der Waals surface area (Å²) in [5.41, 5.74) is 0.658.